The third kappa shape index (κ3) is 6.51. The zero-order valence-corrected chi connectivity index (χ0v) is 25.2. The molecule has 0 aliphatic carbocycles. The maximum absolute atomic E-state index is 13.4. The monoisotopic (exact) mass is 608 g/mol. The summed E-state index contributed by atoms with van der Waals surface area (Å²) in [6.07, 6.45) is 2.76. The number of nitrogens with one attached hydrogen (secondary N) is 2. The van der Waals surface area contributed by atoms with Gasteiger partial charge in [0.2, 0.25) is 0 Å². The Bertz CT molecular complexity index is 1280. The van der Waals surface area contributed by atoms with E-state index < -0.39 is 5.31 Å². The minimum atomic E-state index is -3.01. The van der Waals surface area contributed by atoms with Crippen LogP contribution in [-0.2, 0) is 6.16 Å². The van der Waals surface area contributed by atoms with Crippen molar-refractivity contribution in [2.45, 2.75) is 32.5 Å². The molecular formula is C32H35BrFN2PS. The zero-order valence-electron chi connectivity index (χ0n) is 21.9. The molecule has 0 aliphatic rings. The first-order valence-electron chi connectivity index (χ1n) is 13.0. The molecular weight excluding hydrogens is 574 g/mol. The summed E-state index contributed by atoms with van der Waals surface area (Å²) in [6.45, 7) is 4.51. The molecule has 0 saturated heterocycles. The van der Waals surface area contributed by atoms with E-state index in [2.05, 4.69) is 131 Å². The Morgan fingerprint density at radius 3 is 1.82 bits per heavy atom. The van der Waals surface area contributed by atoms with E-state index in [9.17, 15) is 4.39 Å². The molecule has 0 bridgehead atoms. The summed E-state index contributed by atoms with van der Waals surface area (Å²) in [5, 5.41) is 7.10. The Kier molecular flexibility index (Phi) is 9.36. The molecule has 0 saturated carbocycles. The van der Waals surface area contributed by atoms with E-state index in [0.29, 0.717) is 11.0 Å². The first kappa shape index (κ1) is 28.4. The van der Waals surface area contributed by atoms with E-state index in [1.165, 1.54) is 28.3 Å². The Balaban J connectivity index is 1.80. The summed E-state index contributed by atoms with van der Waals surface area (Å²) in [4.78, 5) is 0. The van der Waals surface area contributed by atoms with Gasteiger partial charge in [-0.15, -0.1) is 0 Å². The molecule has 0 fully saturated rings. The van der Waals surface area contributed by atoms with Crippen LogP contribution in [0.5, 0.6) is 0 Å². The van der Waals surface area contributed by atoms with Crippen molar-refractivity contribution in [2.75, 3.05) is 11.5 Å². The van der Waals surface area contributed by atoms with Gasteiger partial charge in [0.25, 0.3) is 0 Å². The second-order valence-corrected chi connectivity index (χ2v) is 20.0. The Hall–Kier alpha value is -2.59. The molecule has 2 nitrogen and oxygen atoms in total. The van der Waals surface area contributed by atoms with E-state index in [1.54, 1.807) is 12.1 Å². The Morgan fingerprint density at radius 1 is 0.816 bits per heavy atom. The van der Waals surface area contributed by atoms with Crippen molar-refractivity contribution in [3.8, 4) is 0 Å². The molecule has 2 atom stereocenters. The van der Waals surface area contributed by atoms with E-state index >= 15 is 0 Å². The molecule has 0 radical (unpaired) electrons. The van der Waals surface area contributed by atoms with Crippen LogP contribution in [-0.4, -0.2) is 17.3 Å². The zero-order chi connectivity index (χ0) is 27.0. The van der Waals surface area contributed by atoms with Crippen LogP contribution in [0.25, 0.3) is 0 Å². The fourth-order valence-corrected chi connectivity index (χ4v) is 13.7. The average Bonchev–Trinajstić information content (AvgIpc) is 2.95. The predicted octanol–water partition coefficient (Wildman–Crippen LogP) is 8.24. The number of thiocarbonyl (C=S) groups is 1. The average molecular weight is 610 g/mol. The van der Waals surface area contributed by atoms with Crippen LogP contribution in [0.2, 0.25) is 0 Å². The van der Waals surface area contributed by atoms with Gasteiger partial charge in [0.1, 0.15) is 0 Å². The van der Waals surface area contributed by atoms with Crippen molar-refractivity contribution in [1.82, 2.24) is 5.32 Å². The first-order valence-corrected chi connectivity index (χ1v) is 18.1. The molecule has 38 heavy (non-hydrogen) atoms. The second kappa shape index (κ2) is 12.5. The van der Waals surface area contributed by atoms with Crippen LogP contribution in [0, 0.1) is 11.7 Å². The molecule has 0 unspecified atom stereocenters. The van der Waals surface area contributed by atoms with E-state index in [-0.39, 0.29) is 11.9 Å². The molecule has 0 aromatic heterocycles. The van der Waals surface area contributed by atoms with Crippen LogP contribution in [0.15, 0.2) is 115 Å². The van der Waals surface area contributed by atoms with Gasteiger partial charge in [0.15, 0.2) is 0 Å². The van der Waals surface area contributed by atoms with Crippen molar-refractivity contribution >= 4 is 54.4 Å². The number of halogens is 2. The van der Waals surface area contributed by atoms with Crippen molar-refractivity contribution in [3.63, 3.8) is 0 Å². The van der Waals surface area contributed by atoms with Gasteiger partial charge in [-0.2, -0.15) is 0 Å². The van der Waals surface area contributed by atoms with Crippen LogP contribution >= 0.6 is 33.0 Å². The predicted molar refractivity (Wildman–Crippen MR) is 172 cm³/mol. The van der Waals surface area contributed by atoms with Gasteiger partial charge < -0.3 is 0 Å². The summed E-state index contributed by atoms with van der Waals surface area (Å²) < 4.78 is 13.4. The standard InChI is InChI=1S/C32H35BrFN2PS/c1-3-25(2)31(36-32(38)35-28-21-19-27(34)20-22-28)24-37(33,29-15-9-5-10-16-29,30-17-11-6-12-18-30)23-26-13-7-4-8-14-26/h4-22,25,31H,3,23-24H2,1-2H3,(H2,35,36,38)/t25-,31+/m0/s1. The van der Waals surface area contributed by atoms with Gasteiger partial charge in [0.05, 0.1) is 0 Å². The van der Waals surface area contributed by atoms with Crippen LogP contribution in [0.4, 0.5) is 10.1 Å². The van der Waals surface area contributed by atoms with Gasteiger partial charge in [-0.1, -0.05) is 0 Å². The quantitative estimate of drug-likeness (QED) is 0.140. The topological polar surface area (TPSA) is 24.1 Å². The molecule has 4 aromatic carbocycles. The summed E-state index contributed by atoms with van der Waals surface area (Å²) in [5.74, 6) is 0.0837. The number of anilines is 1. The fourth-order valence-electron chi connectivity index (χ4n) is 5.04. The molecule has 4 rings (SSSR count). The normalized spacial score (nSPS) is 14.1. The van der Waals surface area contributed by atoms with E-state index in [0.717, 1.165) is 24.4 Å². The van der Waals surface area contributed by atoms with Crippen molar-refractivity contribution in [1.29, 1.82) is 0 Å². The SMILES string of the molecule is CC[C@H](C)[C@@H](CP(Br)(Cc1ccccc1)(c1ccccc1)c1ccccc1)NC(=S)Nc1ccc(F)cc1. The third-order valence-electron chi connectivity index (χ3n) is 7.38. The summed E-state index contributed by atoms with van der Waals surface area (Å²) in [5.41, 5.74) is 2.06. The van der Waals surface area contributed by atoms with E-state index in [4.69, 9.17) is 12.2 Å². The number of hydrogen-bond donors (Lipinski definition) is 2. The number of rotatable bonds is 10. The first-order chi connectivity index (χ1) is 18.3. The van der Waals surface area contributed by atoms with Gasteiger partial charge in [0, 0.05) is 0 Å². The second-order valence-electron chi connectivity index (χ2n) is 9.97. The summed E-state index contributed by atoms with van der Waals surface area (Å²) >= 11 is 10.4. The molecule has 0 heterocycles. The van der Waals surface area contributed by atoms with E-state index in [1.807, 2.05) is 0 Å². The molecule has 198 valence electrons. The molecule has 4 aromatic rings. The molecule has 0 aliphatic heterocycles. The number of benzene rings is 4. The van der Waals surface area contributed by atoms with Gasteiger partial charge in [-0.05, 0) is 0 Å². The summed E-state index contributed by atoms with van der Waals surface area (Å²) in [6, 6.07) is 38.9. The van der Waals surface area contributed by atoms with Crippen molar-refractivity contribution < 1.29 is 4.39 Å². The summed E-state index contributed by atoms with van der Waals surface area (Å²) in [7, 11) is 0. The van der Waals surface area contributed by atoms with Crippen molar-refractivity contribution in [3.05, 3.63) is 127 Å². The third-order valence-corrected chi connectivity index (χ3v) is 16.8. The van der Waals surface area contributed by atoms with Gasteiger partial charge in [-0.25, -0.2) is 0 Å². The number of hydrogen-bond acceptors (Lipinski definition) is 1. The van der Waals surface area contributed by atoms with Crippen molar-refractivity contribution in [2.24, 2.45) is 5.92 Å². The minimum absolute atomic E-state index is 0.0848. The molecule has 0 spiro atoms. The molecule has 2 N–H and O–H groups in total. The molecule has 0 amide bonds. The van der Waals surface area contributed by atoms with Crippen LogP contribution in [0.1, 0.15) is 25.8 Å². The maximum atomic E-state index is 13.4. The van der Waals surface area contributed by atoms with Crippen LogP contribution < -0.4 is 21.2 Å². The van der Waals surface area contributed by atoms with Gasteiger partial charge in [-0.3, -0.25) is 0 Å². The molecule has 6 heteroatoms. The Morgan fingerprint density at radius 2 is 1.32 bits per heavy atom. The fraction of sp³-hybridized carbons (Fsp3) is 0.219. The Labute approximate surface area is 239 Å². The van der Waals surface area contributed by atoms with Crippen LogP contribution in [0.3, 0.4) is 0 Å². The van der Waals surface area contributed by atoms with Gasteiger partial charge >= 0.3 is 241 Å².